The van der Waals surface area contributed by atoms with Crippen LogP contribution in [0.4, 0.5) is 0 Å². The van der Waals surface area contributed by atoms with Crippen molar-refractivity contribution >= 4 is 26.0 Å². The van der Waals surface area contributed by atoms with Crippen molar-refractivity contribution in [1.29, 1.82) is 0 Å². The van der Waals surface area contributed by atoms with Gasteiger partial charge in [-0.3, -0.25) is 9.67 Å². The van der Waals surface area contributed by atoms with Crippen LogP contribution in [0.3, 0.4) is 0 Å². The van der Waals surface area contributed by atoms with Gasteiger partial charge in [-0.2, -0.15) is 5.10 Å². The highest BCUT2D eigenvalue weighted by Gasteiger charge is 2.16. The molecule has 124 valence electrons. The Morgan fingerprint density at radius 1 is 1.21 bits per heavy atom. The smallest absolute Gasteiger partial charge is 0.241 e. The van der Waals surface area contributed by atoms with Gasteiger partial charge in [-0.1, -0.05) is 12.1 Å². The first-order valence-corrected chi connectivity index (χ1v) is 9.41. The van der Waals surface area contributed by atoms with Crippen molar-refractivity contribution in [2.24, 2.45) is 7.05 Å². The minimum absolute atomic E-state index is 0.155. The number of benzene rings is 1. The molecule has 0 saturated heterocycles. The Morgan fingerprint density at radius 2 is 2.00 bits per heavy atom. The van der Waals surface area contributed by atoms with E-state index in [1.165, 1.54) is 0 Å². The lowest BCUT2D eigenvalue weighted by Crippen LogP contribution is -2.23. The van der Waals surface area contributed by atoms with Gasteiger partial charge in [0.25, 0.3) is 0 Å². The van der Waals surface area contributed by atoms with Gasteiger partial charge in [-0.15, -0.1) is 0 Å². The van der Waals surface area contributed by atoms with Crippen LogP contribution in [0.2, 0.25) is 0 Å². The zero-order chi connectivity index (χ0) is 17.2. The summed E-state index contributed by atoms with van der Waals surface area (Å²) in [6, 6.07) is 10.5. The largest absolute Gasteiger partial charge is 0.268 e. The maximum atomic E-state index is 12.4. The van der Waals surface area contributed by atoms with Gasteiger partial charge < -0.3 is 0 Å². The van der Waals surface area contributed by atoms with E-state index in [1.807, 2.05) is 19.2 Å². The number of aryl methyl sites for hydroxylation is 1. The third kappa shape index (κ3) is 3.55. The van der Waals surface area contributed by atoms with E-state index >= 15 is 0 Å². The van der Waals surface area contributed by atoms with Gasteiger partial charge in [0.1, 0.15) is 0 Å². The predicted molar refractivity (Wildman–Crippen MR) is 94.6 cm³/mol. The second-order valence-electron chi connectivity index (χ2n) is 5.18. The zero-order valence-electron chi connectivity index (χ0n) is 12.8. The molecule has 0 radical (unpaired) electrons. The number of nitrogens with one attached hydrogen (secondary N) is 1. The molecule has 2 heterocycles. The van der Waals surface area contributed by atoms with Crippen LogP contribution < -0.4 is 4.72 Å². The van der Waals surface area contributed by atoms with Crippen molar-refractivity contribution in [3.8, 4) is 11.3 Å². The van der Waals surface area contributed by atoms with Crippen molar-refractivity contribution in [3.63, 3.8) is 0 Å². The van der Waals surface area contributed by atoms with Crippen LogP contribution in [-0.4, -0.2) is 23.2 Å². The average molecular weight is 407 g/mol. The number of rotatable bonds is 5. The summed E-state index contributed by atoms with van der Waals surface area (Å²) in [5.74, 6) is 0. The van der Waals surface area contributed by atoms with Crippen LogP contribution in [0.15, 0.2) is 64.4 Å². The van der Waals surface area contributed by atoms with E-state index in [9.17, 15) is 8.42 Å². The van der Waals surface area contributed by atoms with E-state index in [4.69, 9.17) is 0 Å². The van der Waals surface area contributed by atoms with Crippen LogP contribution in [0, 0.1) is 0 Å². The van der Waals surface area contributed by atoms with E-state index in [1.54, 1.807) is 47.5 Å². The monoisotopic (exact) mass is 406 g/mol. The number of halogens is 1. The summed E-state index contributed by atoms with van der Waals surface area (Å²) in [7, 11) is -1.76. The van der Waals surface area contributed by atoms with Crippen molar-refractivity contribution in [2.75, 3.05) is 0 Å². The molecule has 8 heteroatoms. The Balaban J connectivity index is 1.80. The van der Waals surface area contributed by atoms with Gasteiger partial charge in [0.2, 0.25) is 10.0 Å². The molecule has 0 spiro atoms. The number of sulfonamides is 1. The SMILES string of the molecule is Cn1nccc1-c1cncc(CNS(=O)(=O)c2ccccc2Br)c1. The molecule has 0 saturated carbocycles. The molecule has 0 bridgehead atoms. The molecular weight excluding hydrogens is 392 g/mol. The lowest BCUT2D eigenvalue weighted by atomic mass is 10.1. The van der Waals surface area contributed by atoms with Crippen molar-refractivity contribution in [2.45, 2.75) is 11.4 Å². The first-order chi connectivity index (χ1) is 11.5. The highest BCUT2D eigenvalue weighted by atomic mass is 79.9. The number of aromatic nitrogens is 3. The van der Waals surface area contributed by atoms with Crippen LogP contribution in [-0.2, 0) is 23.6 Å². The molecule has 0 amide bonds. The van der Waals surface area contributed by atoms with Crippen LogP contribution in [0.25, 0.3) is 11.3 Å². The lowest BCUT2D eigenvalue weighted by molar-refractivity contribution is 0.580. The summed E-state index contributed by atoms with van der Waals surface area (Å²) in [4.78, 5) is 4.40. The van der Waals surface area contributed by atoms with Crippen molar-refractivity contribution in [3.05, 3.63) is 65.0 Å². The molecule has 0 aliphatic rings. The Bertz CT molecular complexity index is 969. The summed E-state index contributed by atoms with van der Waals surface area (Å²) >= 11 is 3.26. The molecular formula is C16H15BrN4O2S. The van der Waals surface area contributed by atoms with Crippen LogP contribution in [0.5, 0.6) is 0 Å². The van der Waals surface area contributed by atoms with Gasteiger partial charge in [0.05, 0.1) is 10.6 Å². The Hall–Kier alpha value is -2.03. The number of hydrogen-bond acceptors (Lipinski definition) is 4. The zero-order valence-corrected chi connectivity index (χ0v) is 15.3. The standard InChI is InChI=1S/C16H15BrN4O2S/c1-21-15(6-7-19-21)13-8-12(9-18-11-13)10-20-24(22,23)16-5-3-2-4-14(16)17/h2-9,11,20H,10H2,1H3. The number of pyridine rings is 1. The van der Waals surface area contributed by atoms with E-state index in [2.05, 4.69) is 30.7 Å². The molecule has 3 rings (SSSR count). The highest BCUT2D eigenvalue weighted by Crippen LogP contribution is 2.22. The van der Waals surface area contributed by atoms with Gasteiger partial charge >= 0.3 is 0 Å². The third-order valence-electron chi connectivity index (χ3n) is 3.50. The number of hydrogen-bond donors (Lipinski definition) is 1. The maximum absolute atomic E-state index is 12.4. The Kier molecular flexibility index (Phi) is 4.79. The average Bonchev–Trinajstić information content (AvgIpc) is 3.00. The molecule has 6 nitrogen and oxygen atoms in total. The fraction of sp³-hybridized carbons (Fsp3) is 0.125. The van der Waals surface area contributed by atoms with Crippen LogP contribution in [0.1, 0.15) is 5.56 Å². The minimum Gasteiger partial charge on any atom is -0.268 e. The second kappa shape index (κ2) is 6.84. The molecule has 3 aromatic rings. The minimum atomic E-state index is -3.61. The van der Waals surface area contributed by atoms with E-state index in [0.29, 0.717) is 4.47 Å². The van der Waals surface area contributed by atoms with E-state index in [0.717, 1.165) is 16.8 Å². The van der Waals surface area contributed by atoms with Gasteiger partial charge in [-0.25, -0.2) is 13.1 Å². The second-order valence-corrected chi connectivity index (χ2v) is 7.77. The molecule has 2 aromatic heterocycles. The summed E-state index contributed by atoms with van der Waals surface area (Å²) in [5, 5.41) is 4.13. The Labute approximate surface area is 148 Å². The van der Waals surface area contributed by atoms with Gasteiger partial charge in [0, 0.05) is 42.2 Å². The fourth-order valence-electron chi connectivity index (χ4n) is 2.30. The van der Waals surface area contributed by atoms with Gasteiger partial charge in [-0.05, 0) is 45.8 Å². The molecule has 0 atom stereocenters. The summed E-state index contributed by atoms with van der Waals surface area (Å²) in [5.41, 5.74) is 2.56. The fourth-order valence-corrected chi connectivity index (χ4v) is 4.32. The molecule has 1 aromatic carbocycles. The topological polar surface area (TPSA) is 76.9 Å². The lowest BCUT2D eigenvalue weighted by Gasteiger charge is -2.09. The number of nitrogens with zero attached hydrogens (tertiary/aromatic N) is 3. The summed E-state index contributed by atoms with van der Waals surface area (Å²) in [6.07, 6.45) is 5.07. The quantitative estimate of drug-likeness (QED) is 0.706. The van der Waals surface area contributed by atoms with Gasteiger partial charge in [0.15, 0.2) is 0 Å². The van der Waals surface area contributed by atoms with Crippen LogP contribution >= 0.6 is 15.9 Å². The van der Waals surface area contributed by atoms with E-state index in [-0.39, 0.29) is 11.4 Å². The first kappa shape index (κ1) is 16.8. The molecule has 24 heavy (non-hydrogen) atoms. The van der Waals surface area contributed by atoms with Crippen molar-refractivity contribution in [1.82, 2.24) is 19.5 Å². The Morgan fingerprint density at radius 3 is 2.71 bits per heavy atom. The molecule has 0 aliphatic carbocycles. The highest BCUT2D eigenvalue weighted by molar-refractivity contribution is 9.10. The molecule has 0 fully saturated rings. The molecule has 1 N–H and O–H groups in total. The third-order valence-corrected chi connectivity index (χ3v) is 5.92. The summed E-state index contributed by atoms with van der Waals surface area (Å²) < 4.78 is 29.7. The predicted octanol–water partition coefficient (Wildman–Crippen LogP) is 2.72. The maximum Gasteiger partial charge on any atom is 0.241 e. The first-order valence-electron chi connectivity index (χ1n) is 7.14. The summed E-state index contributed by atoms with van der Waals surface area (Å²) in [6.45, 7) is 0.155. The van der Waals surface area contributed by atoms with E-state index < -0.39 is 10.0 Å². The molecule has 0 aliphatic heterocycles. The van der Waals surface area contributed by atoms with Crippen molar-refractivity contribution < 1.29 is 8.42 Å². The molecule has 0 unspecified atom stereocenters. The normalized spacial score (nSPS) is 11.6.